The van der Waals surface area contributed by atoms with Crippen molar-refractivity contribution in [3.63, 3.8) is 0 Å². The molecule has 2 N–H and O–H groups in total. The predicted molar refractivity (Wildman–Crippen MR) is 103 cm³/mol. The highest BCUT2D eigenvalue weighted by Gasteiger charge is 2.05. The van der Waals surface area contributed by atoms with E-state index in [4.69, 9.17) is 4.74 Å². The maximum Gasteiger partial charge on any atom is 0.121 e. The van der Waals surface area contributed by atoms with E-state index in [9.17, 15) is 0 Å². The standard InChI is InChI=1S/C20H31N3O/c1-4-17(5-2)21-11-7-6-8-12-22-19-15-18(24-3)14-16-10-9-13-23-20(16)19/h9-10,13-15,17,21-22H,4-8,11-12H2,1-3H3. The molecular formula is C20H31N3O. The van der Waals surface area contributed by atoms with E-state index in [0.29, 0.717) is 6.04 Å². The van der Waals surface area contributed by atoms with Crippen LogP contribution >= 0.6 is 0 Å². The van der Waals surface area contributed by atoms with E-state index in [1.807, 2.05) is 24.4 Å². The number of nitrogens with one attached hydrogen (secondary N) is 2. The summed E-state index contributed by atoms with van der Waals surface area (Å²) in [5.74, 6) is 0.868. The number of fused-ring (bicyclic) bond motifs is 1. The molecule has 1 heterocycles. The lowest BCUT2D eigenvalue weighted by Gasteiger charge is -2.14. The fourth-order valence-corrected chi connectivity index (χ4v) is 2.95. The molecule has 1 aromatic carbocycles. The molecule has 0 amide bonds. The number of methoxy groups -OCH3 is 1. The molecule has 132 valence electrons. The van der Waals surface area contributed by atoms with Gasteiger partial charge in [0.25, 0.3) is 0 Å². The molecule has 0 unspecified atom stereocenters. The van der Waals surface area contributed by atoms with Gasteiger partial charge in [-0.15, -0.1) is 0 Å². The fourth-order valence-electron chi connectivity index (χ4n) is 2.95. The van der Waals surface area contributed by atoms with Gasteiger partial charge in [0.2, 0.25) is 0 Å². The molecule has 0 radical (unpaired) electrons. The van der Waals surface area contributed by atoms with E-state index >= 15 is 0 Å². The molecule has 4 nitrogen and oxygen atoms in total. The lowest BCUT2D eigenvalue weighted by molar-refractivity contribution is 0.415. The SMILES string of the molecule is CCC(CC)NCCCCCNc1cc(OC)cc2cccnc12. The Morgan fingerprint density at radius 2 is 1.88 bits per heavy atom. The van der Waals surface area contributed by atoms with E-state index < -0.39 is 0 Å². The van der Waals surface area contributed by atoms with Crippen molar-refractivity contribution in [2.75, 3.05) is 25.5 Å². The Labute approximate surface area is 146 Å². The van der Waals surface area contributed by atoms with Crippen LogP contribution in [0.5, 0.6) is 5.75 Å². The Balaban J connectivity index is 1.77. The van der Waals surface area contributed by atoms with Gasteiger partial charge in [-0.05, 0) is 44.4 Å². The number of nitrogens with zero attached hydrogens (tertiary/aromatic N) is 1. The number of benzene rings is 1. The van der Waals surface area contributed by atoms with E-state index in [2.05, 4.69) is 35.5 Å². The first-order valence-corrected chi connectivity index (χ1v) is 9.18. The van der Waals surface area contributed by atoms with Crippen LogP contribution < -0.4 is 15.4 Å². The number of hydrogen-bond acceptors (Lipinski definition) is 4. The Morgan fingerprint density at radius 3 is 2.62 bits per heavy atom. The summed E-state index contributed by atoms with van der Waals surface area (Å²) in [6, 6.07) is 8.76. The summed E-state index contributed by atoms with van der Waals surface area (Å²) in [5, 5.41) is 8.25. The summed E-state index contributed by atoms with van der Waals surface area (Å²) in [4.78, 5) is 4.50. The molecule has 0 bridgehead atoms. The highest BCUT2D eigenvalue weighted by atomic mass is 16.5. The summed E-state index contributed by atoms with van der Waals surface area (Å²) in [5.41, 5.74) is 2.06. The van der Waals surface area contributed by atoms with Gasteiger partial charge < -0.3 is 15.4 Å². The molecule has 0 saturated heterocycles. The highest BCUT2D eigenvalue weighted by Crippen LogP contribution is 2.27. The smallest absolute Gasteiger partial charge is 0.121 e. The van der Waals surface area contributed by atoms with Crippen LogP contribution in [0, 0.1) is 0 Å². The van der Waals surface area contributed by atoms with Crippen LogP contribution in [0.1, 0.15) is 46.0 Å². The Bertz CT molecular complexity index is 611. The first kappa shape index (κ1) is 18.5. The first-order valence-electron chi connectivity index (χ1n) is 9.18. The van der Waals surface area contributed by atoms with Crippen molar-refractivity contribution in [2.24, 2.45) is 0 Å². The van der Waals surface area contributed by atoms with Gasteiger partial charge in [0.1, 0.15) is 5.75 Å². The zero-order valence-electron chi connectivity index (χ0n) is 15.3. The number of unbranched alkanes of at least 4 members (excludes halogenated alkanes) is 2. The largest absolute Gasteiger partial charge is 0.497 e. The van der Waals surface area contributed by atoms with Gasteiger partial charge in [-0.2, -0.15) is 0 Å². The van der Waals surface area contributed by atoms with E-state index in [1.54, 1.807) is 7.11 Å². The summed E-state index contributed by atoms with van der Waals surface area (Å²) >= 11 is 0. The number of hydrogen-bond donors (Lipinski definition) is 2. The lowest BCUT2D eigenvalue weighted by atomic mass is 10.1. The maximum absolute atomic E-state index is 5.39. The van der Waals surface area contributed by atoms with Gasteiger partial charge in [-0.25, -0.2) is 0 Å². The molecule has 0 atom stereocenters. The van der Waals surface area contributed by atoms with Gasteiger partial charge in [-0.1, -0.05) is 26.3 Å². The van der Waals surface area contributed by atoms with Crippen molar-refractivity contribution in [1.82, 2.24) is 10.3 Å². The van der Waals surface area contributed by atoms with Gasteiger partial charge >= 0.3 is 0 Å². The molecule has 0 spiro atoms. The van der Waals surface area contributed by atoms with Crippen LogP contribution in [-0.4, -0.2) is 31.2 Å². The number of anilines is 1. The Hall–Kier alpha value is -1.81. The van der Waals surface area contributed by atoms with Gasteiger partial charge in [-0.3, -0.25) is 4.98 Å². The van der Waals surface area contributed by atoms with Crippen molar-refractivity contribution in [2.45, 2.75) is 52.0 Å². The molecule has 2 rings (SSSR count). The molecule has 0 fully saturated rings. The third-order valence-electron chi connectivity index (χ3n) is 4.50. The Morgan fingerprint density at radius 1 is 1.08 bits per heavy atom. The van der Waals surface area contributed by atoms with Crippen molar-refractivity contribution in [1.29, 1.82) is 0 Å². The number of aromatic nitrogens is 1. The molecule has 4 heteroatoms. The molecule has 2 aromatic rings. The predicted octanol–water partition coefficient (Wildman–Crippen LogP) is 4.60. The zero-order valence-corrected chi connectivity index (χ0v) is 15.3. The molecule has 0 aliphatic carbocycles. The number of pyridine rings is 1. The minimum atomic E-state index is 0.678. The minimum absolute atomic E-state index is 0.678. The first-order chi connectivity index (χ1) is 11.8. The molecule has 0 aliphatic rings. The van der Waals surface area contributed by atoms with Crippen molar-refractivity contribution in [3.8, 4) is 5.75 Å². The van der Waals surface area contributed by atoms with Gasteiger partial charge in [0, 0.05) is 30.2 Å². The van der Waals surface area contributed by atoms with Crippen LogP contribution in [0.4, 0.5) is 5.69 Å². The summed E-state index contributed by atoms with van der Waals surface area (Å²) in [6.45, 7) is 6.58. The van der Waals surface area contributed by atoms with E-state index in [0.717, 1.165) is 41.9 Å². The van der Waals surface area contributed by atoms with Crippen LogP contribution in [0.2, 0.25) is 0 Å². The monoisotopic (exact) mass is 329 g/mol. The maximum atomic E-state index is 5.39. The Kier molecular flexibility index (Phi) is 7.83. The summed E-state index contributed by atoms with van der Waals surface area (Å²) < 4.78 is 5.39. The fraction of sp³-hybridized carbons (Fsp3) is 0.550. The third kappa shape index (κ3) is 5.38. The van der Waals surface area contributed by atoms with Crippen LogP contribution in [0.3, 0.4) is 0 Å². The third-order valence-corrected chi connectivity index (χ3v) is 4.50. The molecule has 1 aromatic heterocycles. The molecular weight excluding hydrogens is 298 g/mol. The second kappa shape index (κ2) is 10.1. The van der Waals surface area contributed by atoms with E-state index in [1.165, 1.54) is 25.7 Å². The summed E-state index contributed by atoms with van der Waals surface area (Å²) in [7, 11) is 1.70. The average molecular weight is 329 g/mol. The summed E-state index contributed by atoms with van der Waals surface area (Å²) in [6.07, 6.45) is 7.90. The molecule has 24 heavy (non-hydrogen) atoms. The van der Waals surface area contributed by atoms with Crippen LogP contribution in [0.15, 0.2) is 30.5 Å². The number of rotatable bonds is 11. The lowest BCUT2D eigenvalue weighted by Crippen LogP contribution is -2.28. The normalized spacial score (nSPS) is 11.2. The van der Waals surface area contributed by atoms with Crippen molar-refractivity contribution in [3.05, 3.63) is 30.5 Å². The second-order valence-electron chi connectivity index (χ2n) is 6.21. The zero-order chi connectivity index (χ0) is 17.2. The average Bonchev–Trinajstić information content (AvgIpc) is 2.63. The molecule has 0 aliphatic heterocycles. The quantitative estimate of drug-likeness (QED) is 0.591. The molecule has 0 saturated carbocycles. The number of ether oxygens (including phenoxy) is 1. The van der Waals surface area contributed by atoms with Crippen LogP contribution in [-0.2, 0) is 0 Å². The van der Waals surface area contributed by atoms with Crippen LogP contribution in [0.25, 0.3) is 10.9 Å². The topological polar surface area (TPSA) is 46.2 Å². The van der Waals surface area contributed by atoms with Gasteiger partial charge in [0.05, 0.1) is 18.3 Å². The van der Waals surface area contributed by atoms with Gasteiger partial charge in [0.15, 0.2) is 0 Å². The highest BCUT2D eigenvalue weighted by molar-refractivity contribution is 5.91. The van der Waals surface area contributed by atoms with E-state index in [-0.39, 0.29) is 0 Å². The minimum Gasteiger partial charge on any atom is -0.497 e. The van der Waals surface area contributed by atoms with Crippen molar-refractivity contribution < 1.29 is 4.74 Å². The van der Waals surface area contributed by atoms with Crippen molar-refractivity contribution >= 4 is 16.6 Å². The second-order valence-corrected chi connectivity index (χ2v) is 6.21.